The molecule has 1 heterocycles. The molecule has 0 unspecified atom stereocenters. The summed E-state index contributed by atoms with van der Waals surface area (Å²) in [6.07, 6.45) is 0.967. The number of para-hydroxylation sites is 1. The Bertz CT molecular complexity index is 440. The Labute approximate surface area is 126 Å². The molecule has 0 fully saturated rings. The van der Waals surface area contributed by atoms with Gasteiger partial charge in [0.25, 0.3) is 0 Å². The number of hydrogen-bond donors (Lipinski definition) is 1. The predicted octanol–water partition coefficient (Wildman–Crippen LogP) is 2.18. The molecule has 0 spiro atoms. The molecule has 1 aromatic carbocycles. The third-order valence-electron chi connectivity index (χ3n) is 3.19. The van der Waals surface area contributed by atoms with Crippen molar-refractivity contribution in [1.82, 2.24) is 10.2 Å². The van der Waals surface area contributed by atoms with Crippen LogP contribution in [0.2, 0.25) is 0 Å². The van der Waals surface area contributed by atoms with Gasteiger partial charge in [-0.3, -0.25) is 0 Å². The maximum atomic E-state index is 5.74. The van der Waals surface area contributed by atoms with Crippen LogP contribution in [0, 0.1) is 0 Å². The van der Waals surface area contributed by atoms with Crippen molar-refractivity contribution in [3.63, 3.8) is 0 Å². The van der Waals surface area contributed by atoms with E-state index >= 15 is 0 Å². The molecule has 110 valence electrons. The zero-order chi connectivity index (χ0) is 14.2. The van der Waals surface area contributed by atoms with E-state index in [1.807, 2.05) is 25.1 Å². The van der Waals surface area contributed by atoms with Crippen LogP contribution in [0.15, 0.2) is 24.3 Å². The molecule has 2 rings (SSSR count). The first kappa shape index (κ1) is 15.1. The Morgan fingerprint density at radius 2 is 2.30 bits per heavy atom. The standard InChI is InChI=1S/C15H22N2O2S/c1-2-18-10-5-8-16-15(20)17-9-11-19-14-7-4-3-6-13(14)12-17/h3-4,6-7H,2,5,8-12H2,1H3,(H,16,20). The minimum absolute atomic E-state index is 0.664. The highest BCUT2D eigenvalue weighted by Gasteiger charge is 2.16. The number of nitrogens with one attached hydrogen (secondary N) is 1. The second kappa shape index (κ2) is 8.07. The van der Waals surface area contributed by atoms with Gasteiger partial charge in [0.2, 0.25) is 0 Å². The van der Waals surface area contributed by atoms with Gasteiger partial charge >= 0.3 is 0 Å². The molecule has 1 aromatic rings. The van der Waals surface area contributed by atoms with Gasteiger partial charge in [0.05, 0.1) is 6.54 Å². The van der Waals surface area contributed by atoms with E-state index in [0.29, 0.717) is 6.61 Å². The minimum Gasteiger partial charge on any atom is -0.491 e. The molecule has 0 saturated heterocycles. The van der Waals surface area contributed by atoms with E-state index in [4.69, 9.17) is 21.7 Å². The third-order valence-corrected chi connectivity index (χ3v) is 3.59. The SMILES string of the molecule is CCOCCCNC(=S)N1CCOc2ccccc2C1. The molecule has 0 saturated carbocycles. The normalized spacial score (nSPS) is 14.2. The Morgan fingerprint density at radius 1 is 1.45 bits per heavy atom. The fraction of sp³-hybridized carbons (Fsp3) is 0.533. The fourth-order valence-electron chi connectivity index (χ4n) is 2.12. The van der Waals surface area contributed by atoms with Crippen molar-refractivity contribution >= 4 is 17.3 Å². The smallest absolute Gasteiger partial charge is 0.169 e. The lowest BCUT2D eigenvalue weighted by Gasteiger charge is -2.23. The zero-order valence-electron chi connectivity index (χ0n) is 11.9. The molecule has 0 amide bonds. The van der Waals surface area contributed by atoms with Crippen molar-refractivity contribution in [3.05, 3.63) is 29.8 Å². The quantitative estimate of drug-likeness (QED) is 0.665. The van der Waals surface area contributed by atoms with Gasteiger partial charge in [0.15, 0.2) is 5.11 Å². The summed E-state index contributed by atoms with van der Waals surface area (Å²) in [5, 5.41) is 4.09. The van der Waals surface area contributed by atoms with E-state index in [1.165, 1.54) is 5.56 Å². The van der Waals surface area contributed by atoms with Crippen LogP contribution in [-0.4, -0.2) is 42.9 Å². The highest BCUT2D eigenvalue weighted by Crippen LogP contribution is 2.22. The second-order valence-electron chi connectivity index (χ2n) is 4.66. The number of hydrogen-bond acceptors (Lipinski definition) is 3. The van der Waals surface area contributed by atoms with Gasteiger partial charge in [0, 0.05) is 31.9 Å². The largest absolute Gasteiger partial charge is 0.491 e. The molecule has 0 atom stereocenters. The summed E-state index contributed by atoms with van der Waals surface area (Å²) in [6, 6.07) is 8.13. The van der Waals surface area contributed by atoms with E-state index in [-0.39, 0.29) is 0 Å². The summed E-state index contributed by atoms with van der Waals surface area (Å²) in [7, 11) is 0. The summed E-state index contributed by atoms with van der Waals surface area (Å²) in [6.45, 7) is 6.67. The third kappa shape index (κ3) is 4.35. The number of rotatable bonds is 5. The van der Waals surface area contributed by atoms with E-state index in [9.17, 15) is 0 Å². The molecule has 1 aliphatic heterocycles. The lowest BCUT2D eigenvalue weighted by molar-refractivity contribution is 0.145. The highest BCUT2D eigenvalue weighted by molar-refractivity contribution is 7.80. The average molecular weight is 294 g/mol. The molecule has 1 aliphatic rings. The summed E-state index contributed by atoms with van der Waals surface area (Å²) >= 11 is 5.46. The van der Waals surface area contributed by atoms with Crippen molar-refractivity contribution in [2.75, 3.05) is 32.9 Å². The first-order valence-corrected chi connectivity index (χ1v) is 7.53. The number of nitrogens with zero attached hydrogens (tertiary/aromatic N) is 1. The van der Waals surface area contributed by atoms with Gasteiger partial charge in [-0.2, -0.15) is 0 Å². The molecule has 20 heavy (non-hydrogen) atoms. The zero-order valence-corrected chi connectivity index (χ0v) is 12.7. The van der Waals surface area contributed by atoms with Crippen LogP contribution in [0.4, 0.5) is 0 Å². The summed E-state index contributed by atoms with van der Waals surface area (Å²) in [5.41, 5.74) is 1.18. The van der Waals surface area contributed by atoms with Gasteiger partial charge in [-0.1, -0.05) is 18.2 Å². The number of benzene rings is 1. The van der Waals surface area contributed by atoms with Crippen LogP contribution < -0.4 is 10.1 Å². The molecule has 0 aromatic heterocycles. The fourth-order valence-corrected chi connectivity index (χ4v) is 2.38. The predicted molar refractivity (Wildman–Crippen MR) is 84.1 cm³/mol. The maximum absolute atomic E-state index is 5.74. The number of fused-ring (bicyclic) bond motifs is 1. The average Bonchev–Trinajstić information content (AvgIpc) is 2.69. The van der Waals surface area contributed by atoms with Crippen molar-refractivity contribution in [3.8, 4) is 5.75 Å². The van der Waals surface area contributed by atoms with Crippen molar-refractivity contribution < 1.29 is 9.47 Å². The lowest BCUT2D eigenvalue weighted by Crippen LogP contribution is -2.41. The molecule has 1 N–H and O–H groups in total. The molecule has 5 heteroatoms. The maximum Gasteiger partial charge on any atom is 0.169 e. The highest BCUT2D eigenvalue weighted by atomic mass is 32.1. The van der Waals surface area contributed by atoms with E-state index in [2.05, 4.69) is 16.3 Å². The van der Waals surface area contributed by atoms with Crippen molar-refractivity contribution in [1.29, 1.82) is 0 Å². The summed E-state index contributed by atoms with van der Waals surface area (Å²) in [4.78, 5) is 2.15. The first-order valence-electron chi connectivity index (χ1n) is 7.12. The van der Waals surface area contributed by atoms with Crippen LogP contribution in [0.25, 0.3) is 0 Å². The summed E-state index contributed by atoms with van der Waals surface area (Å²) in [5.74, 6) is 0.967. The second-order valence-corrected chi connectivity index (χ2v) is 5.05. The summed E-state index contributed by atoms with van der Waals surface area (Å²) < 4.78 is 11.0. The van der Waals surface area contributed by atoms with Crippen LogP contribution >= 0.6 is 12.2 Å². The monoisotopic (exact) mass is 294 g/mol. The van der Waals surface area contributed by atoms with Gasteiger partial charge < -0.3 is 19.7 Å². The lowest BCUT2D eigenvalue weighted by atomic mass is 10.2. The Hall–Kier alpha value is -1.33. The van der Waals surface area contributed by atoms with Gasteiger partial charge in [-0.15, -0.1) is 0 Å². The molecular weight excluding hydrogens is 272 g/mol. The molecule has 0 bridgehead atoms. The van der Waals surface area contributed by atoms with Crippen LogP contribution in [0.5, 0.6) is 5.75 Å². The Kier molecular flexibility index (Phi) is 6.08. The minimum atomic E-state index is 0.664. The van der Waals surface area contributed by atoms with E-state index < -0.39 is 0 Å². The topological polar surface area (TPSA) is 33.7 Å². The molecule has 0 aliphatic carbocycles. The molecular formula is C15H22N2O2S. The Morgan fingerprint density at radius 3 is 3.15 bits per heavy atom. The van der Waals surface area contributed by atoms with Gasteiger partial charge in [0.1, 0.15) is 12.4 Å². The van der Waals surface area contributed by atoms with Gasteiger partial charge in [-0.05, 0) is 31.6 Å². The van der Waals surface area contributed by atoms with Gasteiger partial charge in [-0.25, -0.2) is 0 Å². The number of thiocarbonyl (C=S) groups is 1. The first-order chi connectivity index (χ1) is 9.81. The van der Waals surface area contributed by atoms with E-state index in [1.54, 1.807) is 0 Å². The van der Waals surface area contributed by atoms with Crippen molar-refractivity contribution in [2.45, 2.75) is 19.9 Å². The van der Waals surface area contributed by atoms with E-state index in [0.717, 1.165) is 50.1 Å². The Balaban J connectivity index is 1.82. The van der Waals surface area contributed by atoms with Crippen LogP contribution in [0.1, 0.15) is 18.9 Å². The molecule has 4 nitrogen and oxygen atoms in total. The van der Waals surface area contributed by atoms with Crippen LogP contribution in [-0.2, 0) is 11.3 Å². The number of ether oxygens (including phenoxy) is 2. The van der Waals surface area contributed by atoms with Crippen molar-refractivity contribution in [2.24, 2.45) is 0 Å². The van der Waals surface area contributed by atoms with Crippen LogP contribution in [0.3, 0.4) is 0 Å². The molecule has 0 radical (unpaired) electrons.